The van der Waals surface area contributed by atoms with Crippen LogP contribution in [0, 0.1) is 0 Å². The number of hydrogen-bond donors (Lipinski definition) is 2. The van der Waals surface area contributed by atoms with Gasteiger partial charge < -0.3 is 11.1 Å². The van der Waals surface area contributed by atoms with Crippen LogP contribution in [0.25, 0.3) is 10.8 Å². The Labute approximate surface area is 135 Å². The smallest absolute Gasteiger partial charge is 0.104 e. The Morgan fingerprint density at radius 3 is 2.71 bits per heavy atom. The maximum absolute atomic E-state index is 5.83. The van der Waals surface area contributed by atoms with Gasteiger partial charge in [-0.05, 0) is 36.1 Å². The Kier molecular flexibility index (Phi) is 4.66. The van der Waals surface area contributed by atoms with E-state index in [2.05, 4.69) is 41.3 Å². The van der Waals surface area contributed by atoms with Crippen molar-refractivity contribution < 1.29 is 0 Å². The van der Waals surface area contributed by atoms with Gasteiger partial charge in [0, 0.05) is 28.4 Å². The van der Waals surface area contributed by atoms with Gasteiger partial charge in [0.15, 0.2) is 0 Å². The zero-order valence-corrected chi connectivity index (χ0v) is 13.6. The summed E-state index contributed by atoms with van der Waals surface area (Å²) in [4.78, 5) is 0.459. The maximum atomic E-state index is 5.83. The van der Waals surface area contributed by atoms with Gasteiger partial charge in [0.2, 0.25) is 0 Å². The molecule has 1 saturated heterocycles. The first kappa shape index (κ1) is 14.7. The van der Waals surface area contributed by atoms with Gasteiger partial charge in [-0.25, -0.2) is 0 Å². The van der Waals surface area contributed by atoms with Crippen molar-refractivity contribution in [2.24, 2.45) is 5.73 Å². The zero-order chi connectivity index (χ0) is 14.7. The van der Waals surface area contributed by atoms with Gasteiger partial charge in [-0.1, -0.05) is 42.9 Å². The van der Waals surface area contributed by atoms with E-state index in [1.807, 2.05) is 12.1 Å². The lowest BCUT2D eigenvalue weighted by Gasteiger charge is -2.22. The van der Waals surface area contributed by atoms with E-state index in [9.17, 15) is 0 Å². The molecule has 1 unspecified atom stereocenters. The first-order valence-electron chi connectivity index (χ1n) is 7.43. The molecule has 0 bridgehead atoms. The summed E-state index contributed by atoms with van der Waals surface area (Å²) in [5, 5.41) is 6.68. The zero-order valence-electron chi connectivity index (χ0n) is 12.0. The molecule has 3 rings (SSSR count). The van der Waals surface area contributed by atoms with Gasteiger partial charge in [0.25, 0.3) is 0 Å². The molecule has 4 heteroatoms. The van der Waals surface area contributed by atoms with E-state index in [1.54, 1.807) is 0 Å². The number of rotatable bonds is 4. The van der Waals surface area contributed by atoms with Crippen LogP contribution in [-0.4, -0.2) is 22.5 Å². The maximum Gasteiger partial charge on any atom is 0.104 e. The highest BCUT2D eigenvalue weighted by Crippen LogP contribution is 2.29. The number of anilines is 1. The highest BCUT2D eigenvalue weighted by Gasteiger charge is 2.14. The standard InChI is InChI=1S/C17H20N2S2/c18-17(20)15-8-9-16(14-7-2-1-6-13(14)15)19-11-12-5-3-4-10-21-12/h1-2,6-9,12,19H,3-5,10-11H2,(H2,18,20). The van der Waals surface area contributed by atoms with Crippen LogP contribution in [0.15, 0.2) is 36.4 Å². The van der Waals surface area contributed by atoms with E-state index in [4.69, 9.17) is 18.0 Å². The number of fused-ring (bicyclic) bond motifs is 1. The third kappa shape index (κ3) is 3.33. The van der Waals surface area contributed by atoms with Crippen molar-refractivity contribution in [3.63, 3.8) is 0 Å². The summed E-state index contributed by atoms with van der Waals surface area (Å²) in [6.07, 6.45) is 4.05. The average molecular weight is 316 g/mol. The minimum Gasteiger partial charge on any atom is -0.389 e. The van der Waals surface area contributed by atoms with Gasteiger partial charge in [0.1, 0.15) is 4.99 Å². The monoisotopic (exact) mass is 316 g/mol. The van der Waals surface area contributed by atoms with Gasteiger partial charge in [-0.3, -0.25) is 0 Å². The number of hydrogen-bond acceptors (Lipinski definition) is 3. The molecule has 21 heavy (non-hydrogen) atoms. The molecule has 0 aliphatic carbocycles. The van der Waals surface area contributed by atoms with Crippen molar-refractivity contribution in [1.29, 1.82) is 0 Å². The summed E-state index contributed by atoms with van der Waals surface area (Å²) in [5.41, 5.74) is 7.96. The molecule has 2 aromatic carbocycles. The molecule has 3 N–H and O–H groups in total. The second-order valence-electron chi connectivity index (χ2n) is 5.44. The SMILES string of the molecule is NC(=S)c1ccc(NCC2CCCCS2)c2ccccc12. The van der Waals surface area contributed by atoms with E-state index < -0.39 is 0 Å². The molecule has 1 aliphatic rings. The average Bonchev–Trinajstić information content (AvgIpc) is 2.53. The highest BCUT2D eigenvalue weighted by atomic mass is 32.2. The van der Waals surface area contributed by atoms with E-state index in [0.29, 0.717) is 4.99 Å². The summed E-state index contributed by atoms with van der Waals surface area (Å²) in [5.74, 6) is 1.30. The first-order valence-corrected chi connectivity index (χ1v) is 8.88. The third-order valence-electron chi connectivity index (χ3n) is 3.98. The molecular weight excluding hydrogens is 296 g/mol. The lowest BCUT2D eigenvalue weighted by molar-refractivity contribution is 0.678. The van der Waals surface area contributed by atoms with E-state index in [0.717, 1.165) is 22.7 Å². The lowest BCUT2D eigenvalue weighted by atomic mass is 10.0. The lowest BCUT2D eigenvalue weighted by Crippen LogP contribution is -2.20. The summed E-state index contributed by atoms with van der Waals surface area (Å²) >= 11 is 7.25. The van der Waals surface area contributed by atoms with Crippen LogP contribution in [0.2, 0.25) is 0 Å². The topological polar surface area (TPSA) is 38.0 Å². The van der Waals surface area contributed by atoms with Crippen molar-refractivity contribution in [2.45, 2.75) is 24.5 Å². The summed E-state index contributed by atoms with van der Waals surface area (Å²) in [6, 6.07) is 12.4. The van der Waals surface area contributed by atoms with Crippen molar-refractivity contribution >= 4 is 45.4 Å². The van der Waals surface area contributed by atoms with Gasteiger partial charge in [-0.2, -0.15) is 11.8 Å². The number of nitrogens with two attached hydrogens (primary N) is 1. The Bertz CT molecular complexity index is 648. The minimum atomic E-state index is 0.459. The molecule has 0 saturated carbocycles. The highest BCUT2D eigenvalue weighted by molar-refractivity contribution is 7.99. The van der Waals surface area contributed by atoms with Crippen LogP contribution in [0.1, 0.15) is 24.8 Å². The van der Waals surface area contributed by atoms with Crippen molar-refractivity contribution in [1.82, 2.24) is 0 Å². The van der Waals surface area contributed by atoms with E-state index >= 15 is 0 Å². The van der Waals surface area contributed by atoms with Crippen LogP contribution < -0.4 is 11.1 Å². The molecular formula is C17H20N2S2. The molecule has 1 atom stereocenters. The Hall–Kier alpha value is -1.26. The summed E-state index contributed by atoms with van der Waals surface area (Å²) in [7, 11) is 0. The third-order valence-corrected chi connectivity index (χ3v) is 5.60. The molecule has 0 amide bonds. The molecule has 0 aromatic heterocycles. The van der Waals surface area contributed by atoms with Crippen LogP contribution >= 0.6 is 24.0 Å². The Morgan fingerprint density at radius 2 is 2.00 bits per heavy atom. The van der Waals surface area contributed by atoms with Gasteiger partial charge in [0.05, 0.1) is 0 Å². The van der Waals surface area contributed by atoms with Crippen LogP contribution in [0.3, 0.4) is 0 Å². The fraction of sp³-hybridized carbons (Fsp3) is 0.353. The minimum absolute atomic E-state index is 0.459. The number of thioether (sulfide) groups is 1. The molecule has 2 aromatic rings. The predicted molar refractivity (Wildman–Crippen MR) is 98.4 cm³/mol. The molecule has 0 radical (unpaired) electrons. The molecule has 1 heterocycles. The van der Waals surface area contributed by atoms with E-state index in [-0.39, 0.29) is 0 Å². The van der Waals surface area contributed by atoms with Crippen molar-refractivity contribution in [3.8, 4) is 0 Å². The fourth-order valence-corrected chi connectivity index (χ4v) is 4.28. The van der Waals surface area contributed by atoms with Crippen LogP contribution in [0.4, 0.5) is 5.69 Å². The van der Waals surface area contributed by atoms with Crippen LogP contribution in [0.5, 0.6) is 0 Å². The molecule has 2 nitrogen and oxygen atoms in total. The molecule has 110 valence electrons. The summed E-state index contributed by atoms with van der Waals surface area (Å²) < 4.78 is 0. The normalized spacial score (nSPS) is 18.6. The molecule has 1 fully saturated rings. The van der Waals surface area contributed by atoms with Crippen molar-refractivity contribution in [2.75, 3.05) is 17.6 Å². The molecule has 0 spiro atoms. The number of nitrogens with one attached hydrogen (secondary N) is 1. The molecule has 1 aliphatic heterocycles. The Morgan fingerprint density at radius 1 is 1.19 bits per heavy atom. The predicted octanol–water partition coefficient (Wildman–Crippen LogP) is 4.17. The Balaban J connectivity index is 1.85. The van der Waals surface area contributed by atoms with Gasteiger partial charge >= 0.3 is 0 Å². The quantitative estimate of drug-likeness (QED) is 0.830. The van der Waals surface area contributed by atoms with E-state index in [1.165, 1.54) is 36.1 Å². The number of benzene rings is 2. The summed E-state index contributed by atoms with van der Waals surface area (Å²) in [6.45, 7) is 1.03. The van der Waals surface area contributed by atoms with Crippen LogP contribution in [-0.2, 0) is 0 Å². The first-order chi connectivity index (χ1) is 10.3. The second kappa shape index (κ2) is 6.67. The van der Waals surface area contributed by atoms with Crippen molar-refractivity contribution in [3.05, 3.63) is 42.0 Å². The second-order valence-corrected chi connectivity index (χ2v) is 7.29. The van der Waals surface area contributed by atoms with Gasteiger partial charge in [-0.15, -0.1) is 0 Å². The largest absolute Gasteiger partial charge is 0.389 e. The fourth-order valence-electron chi connectivity index (χ4n) is 2.86. The number of thiocarbonyl (C=S) groups is 1.